The number of benzene rings is 1. The quantitative estimate of drug-likeness (QED) is 0.755. The van der Waals surface area contributed by atoms with Crippen LogP contribution in [0.5, 0.6) is 5.75 Å². The van der Waals surface area contributed by atoms with Gasteiger partial charge in [0.2, 0.25) is 0 Å². The number of phenolic OH excluding ortho intramolecular Hbond substituents is 1. The summed E-state index contributed by atoms with van der Waals surface area (Å²) in [7, 11) is 0. The molecule has 0 aliphatic rings. The maximum absolute atomic E-state index is 13.2. The lowest BCUT2D eigenvalue weighted by atomic mass is 10.2. The molecule has 0 atom stereocenters. The molecule has 2 rings (SSSR count). The third-order valence-electron chi connectivity index (χ3n) is 1.58. The molecule has 1 N–H and O–H groups in total. The molecule has 0 radical (unpaired) electrons. The predicted molar refractivity (Wildman–Crippen MR) is 51.1 cm³/mol. The van der Waals surface area contributed by atoms with E-state index >= 15 is 0 Å². The molecule has 12 heavy (non-hydrogen) atoms. The minimum atomic E-state index is -0.539. The number of phenols is 1. The SMILES string of the molecule is Oc1ccc2cc(Br)sc2c1F. The van der Waals surface area contributed by atoms with Gasteiger partial charge in [0.1, 0.15) is 0 Å². The molecule has 0 spiro atoms. The number of hydrogen-bond donors (Lipinski definition) is 1. The standard InChI is InChI=1S/C8H4BrFOS/c9-6-3-4-1-2-5(11)7(10)8(4)12-6/h1-3,11H. The van der Waals surface area contributed by atoms with Gasteiger partial charge in [-0.1, -0.05) is 0 Å². The van der Waals surface area contributed by atoms with Gasteiger partial charge in [-0.15, -0.1) is 11.3 Å². The van der Waals surface area contributed by atoms with Gasteiger partial charge < -0.3 is 5.11 Å². The van der Waals surface area contributed by atoms with Crippen LogP contribution in [0.1, 0.15) is 0 Å². The van der Waals surface area contributed by atoms with Crippen molar-refractivity contribution in [2.75, 3.05) is 0 Å². The molecular formula is C8H4BrFOS. The normalized spacial score (nSPS) is 10.8. The Morgan fingerprint density at radius 3 is 2.92 bits per heavy atom. The Morgan fingerprint density at radius 1 is 1.42 bits per heavy atom. The summed E-state index contributed by atoms with van der Waals surface area (Å²) in [6.45, 7) is 0. The highest BCUT2D eigenvalue weighted by molar-refractivity contribution is 9.11. The van der Waals surface area contributed by atoms with Crippen LogP contribution in [0.4, 0.5) is 4.39 Å². The highest BCUT2D eigenvalue weighted by Gasteiger charge is 2.08. The molecule has 0 amide bonds. The highest BCUT2D eigenvalue weighted by atomic mass is 79.9. The van der Waals surface area contributed by atoms with E-state index in [1.54, 1.807) is 6.07 Å². The molecule has 62 valence electrons. The topological polar surface area (TPSA) is 20.2 Å². The van der Waals surface area contributed by atoms with Crippen LogP contribution in [0.2, 0.25) is 0 Å². The second kappa shape index (κ2) is 2.71. The largest absolute Gasteiger partial charge is 0.505 e. The van der Waals surface area contributed by atoms with E-state index in [4.69, 9.17) is 5.11 Å². The molecule has 0 bridgehead atoms. The maximum atomic E-state index is 13.2. The third-order valence-corrected chi connectivity index (χ3v) is 3.22. The van der Waals surface area contributed by atoms with Crippen LogP contribution in [0.15, 0.2) is 22.0 Å². The van der Waals surface area contributed by atoms with E-state index < -0.39 is 5.82 Å². The smallest absolute Gasteiger partial charge is 0.182 e. The number of aromatic hydroxyl groups is 1. The van der Waals surface area contributed by atoms with Gasteiger partial charge in [0.05, 0.1) is 8.49 Å². The fraction of sp³-hybridized carbons (Fsp3) is 0. The van der Waals surface area contributed by atoms with Gasteiger partial charge in [0.15, 0.2) is 11.6 Å². The fourth-order valence-electron chi connectivity index (χ4n) is 1.03. The summed E-state index contributed by atoms with van der Waals surface area (Å²) < 4.78 is 14.5. The van der Waals surface area contributed by atoms with Crippen molar-refractivity contribution in [1.82, 2.24) is 0 Å². The summed E-state index contributed by atoms with van der Waals surface area (Å²) in [5.41, 5.74) is 0. The van der Waals surface area contributed by atoms with Crippen LogP contribution in [0, 0.1) is 5.82 Å². The first kappa shape index (κ1) is 8.01. The van der Waals surface area contributed by atoms with Crippen molar-refractivity contribution in [2.45, 2.75) is 0 Å². The van der Waals surface area contributed by atoms with E-state index in [0.29, 0.717) is 4.70 Å². The Hall–Kier alpha value is -0.610. The van der Waals surface area contributed by atoms with E-state index in [2.05, 4.69) is 15.9 Å². The van der Waals surface area contributed by atoms with E-state index in [9.17, 15) is 4.39 Å². The Morgan fingerprint density at radius 2 is 2.17 bits per heavy atom. The Kier molecular flexibility index (Phi) is 1.81. The number of fused-ring (bicyclic) bond motifs is 1. The molecule has 4 heteroatoms. The summed E-state index contributed by atoms with van der Waals surface area (Å²) in [5, 5.41) is 9.85. The second-order valence-electron chi connectivity index (χ2n) is 2.37. The van der Waals surface area contributed by atoms with Crippen molar-refractivity contribution in [3.05, 3.63) is 27.8 Å². The van der Waals surface area contributed by atoms with Crippen LogP contribution in [-0.4, -0.2) is 5.11 Å². The molecule has 2 aromatic rings. The highest BCUT2D eigenvalue weighted by Crippen LogP contribution is 2.34. The molecule has 0 aliphatic carbocycles. The molecule has 0 unspecified atom stereocenters. The second-order valence-corrected chi connectivity index (χ2v) is 4.80. The van der Waals surface area contributed by atoms with Crippen molar-refractivity contribution in [1.29, 1.82) is 0 Å². The van der Waals surface area contributed by atoms with E-state index in [1.807, 2.05) is 6.07 Å². The van der Waals surface area contributed by atoms with Gasteiger partial charge in [-0.3, -0.25) is 0 Å². The van der Waals surface area contributed by atoms with Crippen LogP contribution < -0.4 is 0 Å². The van der Waals surface area contributed by atoms with Crippen LogP contribution >= 0.6 is 27.3 Å². The Bertz CT molecular complexity index is 438. The number of thiophene rings is 1. The molecular weight excluding hydrogens is 243 g/mol. The molecule has 0 aliphatic heterocycles. The molecule has 0 saturated carbocycles. The first-order valence-corrected chi connectivity index (χ1v) is 4.86. The van der Waals surface area contributed by atoms with Gasteiger partial charge in [0.25, 0.3) is 0 Å². The first-order valence-electron chi connectivity index (χ1n) is 3.25. The first-order chi connectivity index (χ1) is 5.68. The van der Waals surface area contributed by atoms with Crippen molar-refractivity contribution >= 4 is 37.4 Å². The summed E-state index contributed by atoms with van der Waals surface area (Å²) in [5.74, 6) is -0.833. The van der Waals surface area contributed by atoms with Crippen molar-refractivity contribution in [3.8, 4) is 5.75 Å². The summed E-state index contributed by atoms with van der Waals surface area (Å²) in [4.78, 5) is 0. The van der Waals surface area contributed by atoms with E-state index in [0.717, 1.165) is 9.17 Å². The lowest BCUT2D eigenvalue weighted by Gasteiger charge is -1.94. The third kappa shape index (κ3) is 1.11. The number of halogens is 2. The molecule has 1 nitrogen and oxygen atoms in total. The molecule has 0 fully saturated rings. The van der Waals surface area contributed by atoms with Crippen LogP contribution in [0.25, 0.3) is 10.1 Å². The van der Waals surface area contributed by atoms with Gasteiger partial charge in [-0.25, -0.2) is 4.39 Å². The summed E-state index contributed by atoms with van der Waals surface area (Å²) >= 11 is 4.53. The predicted octanol–water partition coefficient (Wildman–Crippen LogP) is 3.51. The van der Waals surface area contributed by atoms with Gasteiger partial charge in [-0.05, 0) is 39.5 Å². The zero-order valence-electron chi connectivity index (χ0n) is 5.84. The van der Waals surface area contributed by atoms with Crippen LogP contribution in [0.3, 0.4) is 0 Å². The average Bonchev–Trinajstić information content (AvgIpc) is 2.39. The molecule has 1 aromatic carbocycles. The number of hydrogen-bond acceptors (Lipinski definition) is 2. The van der Waals surface area contributed by atoms with E-state index in [-0.39, 0.29) is 5.75 Å². The Balaban J connectivity index is 2.89. The fourth-order valence-corrected chi connectivity index (χ4v) is 2.58. The van der Waals surface area contributed by atoms with Crippen LogP contribution in [-0.2, 0) is 0 Å². The molecule has 0 saturated heterocycles. The average molecular weight is 247 g/mol. The van der Waals surface area contributed by atoms with Crippen molar-refractivity contribution in [3.63, 3.8) is 0 Å². The summed E-state index contributed by atoms with van der Waals surface area (Å²) in [6, 6.07) is 4.87. The molecule has 1 aromatic heterocycles. The van der Waals surface area contributed by atoms with Crippen molar-refractivity contribution in [2.24, 2.45) is 0 Å². The Labute approximate surface area is 80.6 Å². The zero-order chi connectivity index (χ0) is 8.72. The maximum Gasteiger partial charge on any atom is 0.182 e. The van der Waals surface area contributed by atoms with Gasteiger partial charge in [0, 0.05) is 0 Å². The van der Waals surface area contributed by atoms with Crippen molar-refractivity contribution < 1.29 is 9.50 Å². The lowest BCUT2D eigenvalue weighted by molar-refractivity contribution is 0.436. The minimum Gasteiger partial charge on any atom is -0.505 e. The van der Waals surface area contributed by atoms with Gasteiger partial charge in [-0.2, -0.15) is 0 Å². The summed E-state index contributed by atoms with van der Waals surface area (Å²) in [6.07, 6.45) is 0. The zero-order valence-corrected chi connectivity index (χ0v) is 8.25. The molecule has 1 heterocycles. The number of rotatable bonds is 0. The monoisotopic (exact) mass is 246 g/mol. The van der Waals surface area contributed by atoms with Gasteiger partial charge >= 0.3 is 0 Å². The lowest BCUT2D eigenvalue weighted by Crippen LogP contribution is -1.73. The minimum absolute atomic E-state index is 0.295. The van der Waals surface area contributed by atoms with E-state index in [1.165, 1.54) is 17.4 Å².